The van der Waals surface area contributed by atoms with Crippen molar-refractivity contribution in [1.82, 2.24) is 5.32 Å². The van der Waals surface area contributed by atoms with Gasteiger partial charge in [0.1, 0.15) is 6.10 Å². The van der Waals surface area contributed by atoms with Gasteiger partial charge in [0.25, 0.3) is 0 Å². The van der Waals surface area contributed by atoms with E-state index in [0.29, 0.717) is 24.5 Å². The number of carbonyl (C=O) groups is 1. The first-order chi connectivity index (χ1) is 9.84. The molecule has 1 N–H and O–H groups in total. The first-order valence-corrected chi connectivity index (χ1v) is 8.37. The monoisotopic (exact) mass is 297 g/mol. The molecule has 1 heterocycles. The molecule has 0 radical (unpaired) electrons. The van der Waals surface area contributed by atoms with Gasteiger partial charge in [-0.15, -0.1) is 0 Å². The third-order valence-electron chi connectivity index (χ3n) is 5.06. The number of amides is 1. The van der Waals surface area contributed by atoms with Crippen molar-refractivity contribution < 1.29 is 14.3 Å². The van der Waals surface area contributed by atoms with Crippen LogP contribution >= 0.6 is 0 Å². The Hall–Kier alpha value is -0.610. The summed E-state index contributed by atoms with van der Waals surface area (Å²) in [5, 5.41) is 3.20. The van der Waals surface area contributed by atoms with Gasteiger partial charge in [0.05, 0.1) is 6.10 Å². The lowest BCUT2D eigenvalue weighted by atomic mass is 9.55. The molecule has 2 rings (SSSR count). The number of nitrogens with one attached hydrogen (secondary N) is 1. The van der Waals surface area contributed by atoms with Crippen LogP contribution < -0.4 is 5.32 Å². The second-order valence-electron chi connectivity index (χ2n) is 7.60. The van der Waals surface area contributed by atoms with Crippen molar-refractivity contribution in [2.24, 2.45) is 17.3 Å². The van der Waals surface area contributed by atoms with Crippen LogP contribution in [0.5, 0.6) is 0 Å². The molecule has 0 aromatic rings. The summed E-state index contributed by atoms with van der Waals surface area (Å²) in [5.74, 6) is 1.09. The van der Waals surface area contributed by atoms with Crippen molar-refractivity contribution >= 4 is 5.91 Å². The molecule has 0 aromatic heterocycles. The van der Waals surface area contributed by atoms with Crippen LogP contribution in [-0.2, 0) is 14.3 Å². The van der Waals surface area contributed by atoms with Gasteiger partial charge in [-0.1, -0.05) is 27.7 Å². The molecule has 0 bridgehead atoms. The summed E-state index contributed by atoms with van der Waals surface area (Å²) < 4.78 is 11.5. The molecule has 21 heavy (non-hydrogen) atoms. The van der Waals surface area contributed by atoms with Crippen LogP contribution in [0.25, 0.3) is 0 Å². The van der Waals surface area contributed by atoms with Gasteiger partial charge in [-0.2, -0.15) is 0 Å². The summed E-state index contributed by atoms with van der Waals surface area (Å²) in [5.41, 5.74) is 0.0262. The van der Waals surface area contributed by atoms with Crippen LogP contribution in [-0.4, -0.2) is 37.4 Å². The van der Waals surface area contributed by atoms with E-state index >= 15 is 0 Å². The van der Waals surface area contributed by atoms with E-state index in [4.69, 9.17) is 9.47 Å². The molecule has 1 amide bonds. The van der Waals surface area contributed by atoms with Gasteiger partial charge in [0, 0.05) is 30.6 Å². The summed E-state index contributed by atoms with van der Waals surface area (Å²) in [6, 6.07) is 0.214. The van der Waals surface area contributed by atoms with Crippen molar-refractivity contribution in [3.05, 3.63) is 0 Å². The number of hydrogen-bond donors (Lipinski definition) is 1. The summed E-state index contributed by atoms with van der Waals surface area (Å²) in [4.78, 5) is 12.3. The Morgan fingerprint density at radius 1 is 1.38 bits per heavy atom. The molecule has 122 valence electrons. The summed E-state index contributed by atoms with van der Waals surface area (Å²) >= 11 is 0. The predicted octanol–water partition coefficient (Wildman–Crippen LogP) is 2.76. The van der Waals surface area contributed by atoms with E-state index in [9.17, 15) is 4.79 Å². The second kappa shape index (κ2) is 6.66. The number of ether oxygens (including phenoxy) is 2. The topological polar surface area (TPSA) is 47.6 Å². The number of carbonyl (C=O) groups excluding carboxylic acids is 1. The SMILES string of the molecule is CC(C)CCO[C@H](C)C(=O)N[C@@H]1[C@@H]2CCCO[C@H]2C1(C)C. The van der Waals surface area contributed by atoms with Gasteiger partial charge in [-0.05, 0) is 32.1 Å². The van der Waals surface area contributed by atoms with Gasteiger partial charge >= 0.3 is 0 Å². The smallest absolute Gasteiger partial charge is 0.249 e. The maximum Gasteiger partial charge on any atom is 0.249 e. The van der Waals surface area contributed by atoms with Gasteiger partial charge in [0.15, 0.2) is 0 Å². The first-order valence-electron chi connectivity index (χ1n) is 8.37. The molecule has 1 aliphatic carbocycles. The van der Waals surface area contributed by atoms with E-state index in [1.807, 2.05) is 6.92 Å². The van der Waals surface area contributed by atoms with Crippen molar-refractivity contribution in [2.45, 2.75) is 72.1 Å². The lowest BCUT2D eigenvalue weighted by Crippen LogP contribution is -2.70. The molecule has 4 heteroatoms. The molecule has 4 atom stereocenters. The Morgan fingerprint density at radius 2 is 2.10 bits per heavy atom. The van der Waals surface area contributed by atoms with Crippen LogP contribution in [0.2, 0.25) is 0 Å². The highest BCUT2D eigenvalue weighted by molar-refractivity contribution is 5.81. The van der Waals surface area contributed by atoms with Gasteiger partial charge in [0.2, 0.25) is 5.91 Å². The highest BCUT2D eigenvalue weighted by atomic mass is 16.5. The summed E-state index contributed by atoms with van der Waals surface area (Å²) in [6.45, 7) is 12.1. The zero-order valence-corrected chi connectivity index (χ0v) is 14.1. The molecule has 1 aliphatic heterocycles. The number of hydrogen-bond acceptors (Lipinski definition) is 3. The van der Waals surface area contributed by atoms with Gasteiger partial charge in [-0.25, -0.2) is 0 Å². The van der Waals surface area contributed by atoms with Crippen molar-refractivity contribution in [1.29, 1.82) is 0 Å². The van der Waals surface area contributed by atoms with Crippen LogP contribution in [0.3, 0.4) is 0 Å². The minimum atomic E-state index is -0.372. The van der Waals surface area contributed by atoms with E-state index in [0.717, 1.165) is 25.9 Å². The molecule has 2 fully saturated rings. The Bertz CT molecular complexity index is 367. The fourth-order valence-electron chi connectivity index (χ4n) is 3.64. The molecule has 4 nitrogen and oxygen atoms in total. The molecule has 0 spiro atoms. The number of rotatable bonds is 6. The zero-order valence-electron chi connectivity index (χ0n) is 14.1. The molecule has 0 unspecified atom stereocenters. The fourth-order valence-corrected chi connectivity index (χ4v) is 3.64. The van der Waals surface area contributed by atoms with Crippen LogP contribution in [0, 0.1) is 17.3 Å². The van der Waals surface area contributed by atoms with Crippen LogP contribution in [0.4, 0.5) is 0 Å². The lowest BCUT2D eigenvalue weighted by Gasteiger charge is -2.60. The minimum Gasteiger partial charge on any atom is -0.377 e. The fraction of sp³-hybridized carbons (Fsp3) is 0.941. The van der Waals surface area contributed by atoms with Gasteiger partial charge < -0.3 is 14.8 Å². The van der Waals surface area contributed by atoms with E-state index < -0.39 is 0 Å². The molecule has 1 saturated heterocycles. The summed E-state index contributed by atoms with van der Waals surface area (Å²) in [7, 11) is 0. The minimum absolute atomic E-state index is 0.0147. The molecule has 1 saturated carbocycles. The average molecular weight is 297 g/mol. The zero-order chi connectivity index (χ0) is 15.6. The maximum atomic E-state index is 12.3. The van der Waals surface area contributed by atoms with E-state index in [1.165, 1.54) is 0 Å². The van der Waals surface area contributed by atoms with E-state index in [2.05, 4.69) is 33.0 Å². The van der Waals surface area contributed by atoms with E-state index in [1.54, 1.807) is 0 Å². The molecular formula is C17H31NO3. The summed E-state index contributed by atoms with van der Waals surface area (Å²) in [6.07, 6.45) is 3.17. The van der Waals surface area contributed by atoms with E-state index in [-0.39, 0.29) is 23.5 Å². The van der Waals surface area contributed by atoms with Crippen LogP contribution in [0.15, 0.2) is 0 Å². The average Bonchev–Trinajstić information content (AvgIpc) is 2.44. The molecule has 0 aromatic carbocycles. The Balaban J connectivity index is 1.81. The van der Waals surface area contributed by atoms with Crippen molar-refractivity contribution in [3.8, 4) is 0 Å². The van der Waals surface area contributed by atoms with Gasteiger partial charge in [-0.3, -0.25) is 4.79 Å². The largest absolute Gasteiger partial charge is 0.377 e. The quantitative estimate of drug-likeness (QED) is 0.820. The Kier molecular flexibility index (Phi) is 5.31. The van der Waals surface area contributed by atoms with Crippen LogP contribution in [0.1, 0.15) is 53.9 Å². The third-order valence-corrected chi connectivity index (χ3v) is 5.06. The second-order valence-corrected chi connectivity index (χ2v) is 7.60. The molecule has 2 aliphatic rings. The Morgan fingerprint density at radius 3 is 2.76 bits per heavy atom. The van der Waals surface area contributed by atoms with Crippen molar-refractivity contribution in [2.75, 3.05) is 13.2 Å². The highest BCUT2D eigenvalue weighted by Crippen LogP contribution is 2.51. The first kappa shape index (κ1) is 16.8. The normalized spacial score (nSPS) is 32.2. The maximum absolute atomic E-state index is 12.3. The highest BCUT2D eigenvalue weighted by Gasteiger charge is 2.58. The van der Waals surface area contributed by atoms with Crippen molar-refractivity contribution in [3.63, 3.8) is 0 Å². The standard InChI is InChI=1S/C17H31NO3/c1-11(2)8-10-20-12(3)16(19)18-14-13-7-6-9-21-15(13)17(14,4)5/h11-15H,6-10H2,1-5H3,(H,18,19)/t12-,13+,14-,15-/m1/s1. The predicted molar refractivity (Wildman–Crippen MR) is 83.0 cm³/mol. The molecular weight excluding hydrogens is 266 g/mol. The number of fused-ring (bicyclic) bond motifs is 1. The third kappa shape index (κ3) is 3.59. The lowest BCUT2D eigenvalue weighted by molar-refractivity contribution is -0.195. The Labute approximate surface area is 129 Å².